The molecule has 1 nitrogen and oxygen atoms in total. The molecule has 0 radical (unpaired) electrons. The van der Waals surface area contributed by atoms with Crippen molar-refractivity contribution in [1.29, 1.82) is 0 Å². The Labute approximate surface area is 164 Å². The Morgan fingerprint density at radius 3 is 2.46 bits per heavy atom. The van der Waals surface area contributed by atoms with Gasteiger partial charge >= 0.3 is 0 Å². The highest BCUT2D eigenvalue weighted by atomic mass is 79.9. The first kappa shape index (κ1) is 19.4. The third-order valence-corrected chi connectivity index (χ3v) is 6.42. The Morgan fingerprint density at radius 2 is 1.81 bits per heavy atom. The fraction of sp³-hybridized carbons (Fsp3) is 0.478. The number of rotatable bonds is 6. The zero-order chi connectivity index (χ0) is 18.5. The minimum absolute atomic E-state index is 0.168. The molecule has 0 atom stereocenters. The highest BCUT2D eigenvalue weighted by Gasteiger charge is 2.23. The Morgan fingerprint density at radius 1 is 1.04 bits per heavy atom. The van der Waals surface area contributed by atoms with Gasteiger partial charge in [-0.2, -0.15) is 0 Å². The van der Waals surface area contributed by atoms with Crippen LogP contribution in [-0.2, 0) is 0 Å². The first-order chi connectivity index (χ1) is 12.6. The molecule has 26 heavy (non-hydrogen) atoms. The second kappa shape index (κ2) is 9.03. The Bertz CT molecular complexity index is 735. The summed E-state index contributed by atoms with van der Waals surface area (Å²) >= 11 is 3.30. The summed E-state index contributed by atoms with van der Waals surface area (Å²) in [6.07, 6.45) is 10.3. The molecule has 1 fully saturated rings. The largest absolute Gasteiger partial charge is 0.507 e. The summed E-state index contributed by atoms with van der Waals surface area (Å²) in [6.45, 7) is 2.26. The number of phenolic OH excluding ortho intramolecular Hbond substituents is 1. The van der Waals surface area contributed by atoms with Crippen LogP contribution in [0.3, 0.4) is 0 Å². The maximum absolute atomic E-state index is 14.7. The van der Waals surface area contributed by atoms with Crippen molar-refractivity contribution in [1.82, 2.24) is 0 Å². The molecule has 2 aromatic rings. The number of benzene rings is 2. The van der Waals surface area contributed by atoms with Crippen LogP contribution in [0.1, 0.15) is 69.8 Å². The topological polar surface area (TPSA) is 20.2 Å². The zero-order valence-corrected chi connectivity index (χ0v) is 17.1. The average molecular weight is 419 g/mol. The second-order valence-corrected chi connectivity index (χ2v) is 8.47. The fourth-order valence-electron chi connectivity index (χ4n) is 4.16. The number of unbranched alkanes of at least 4 members (excludes halogenated alkanes) is 2. The summed E-state index contributed by atoms with van der Waals surface area (Å²) in [4.78, 5) is 0. The van der Waals surface area contributed by atoms with E-state index in [1.54, 1.807) is 24.3 Å². The van der Waals surface area contributed by atoms with E-state index in [1.807, 2.05) is 6.07 Å². The Kier molecular flexibility index (Phi) is 6.74. The monoisotopic (exact) mass is 418 g/mol. The Balaban J connectivity index is 1.66. The van der Waals surface area contributed by atoms with Gasteiger partial charge in [0, 0.05) is 5.56 Å². The van der Waals surface area contributed by atoms with E-state index < -0.39 is 0 Å². The van der Waals surface area contributed by atoms with E-state index in [0.29, 0.717) is 16.0 Å². The molecule has 2 aromatic carbocycles. The van der Waals surface area contributed by atoms with Crippen LogP contribution in [-0.4, -0.2) is 5.11 Å². The number of aromatic hydroxyl groups is 1. The molecule has 0 amide bonds. The van der Waals surface area contributed by atoms with Crippen molar-refractivity contribution in [2.75, 3.05) is 0 Å². The second-order valence-electron chi connectivity index (χ2n) is 7.62. The quantitative estimate of drug-likeness (QED) is 0.473. The molecular weight excluding hydrogens is 391 g/mol. The summed E-state index contributed by atoms with van der Waals surface area (Å²) < 4.78 is 15.3. The lowest BCUT2D eigenvalue weighted by atomic mass is 9.77. The number of hydrogen-bond acceptors (Lipinski definition) is 1. The fourth-order valence-corrected chi connectivity index (χ4v) is 4.54. The minimum Gasteiger partial charge on any atom is -0.507 e. The van der Waals surface area contributed by atoms with E-state index in [4.69, 9.17) is 0 Å². The molecule has 0 unspecified atom stereocenters. The van der Waals surface area contributed by atoms with Gasteiger partial charge in [0.05, 0.1) is 4.47 Å². The van der Waals surface area contributed by atoms with Crippen molar-refractivity contribution < 1.29 is 9.50 Å². The molecule has 1 aliphatic carbocycles. The summed E-state index contributed by atoms with van der Waals surface area (Å²) in [5, 5.41) is 9.62. The van der Waals surface area contributed by atoms with E-state index >= 15 is 0 Å². The zero-order valence-electron chi connectivity index (χ0n) is 15.5. The van der Waals surface area contributed by atoms with Gasteiger partial charge in [-0.05, 0) is 82.8 Å². The average Bonchev–Trinajstić information content (AvgIpc) is 2.65. The van der Waals surface area contributed by atoms with Gasteiger partial charge in [-0.25, -0.2) is 4.39 Å². The predicted molar refractivity (Wildman–Crippen MR) is 110 cm³/mol. The molecule has 3 rings (SSSR count). The van der Waals surface area contributed by atoms with Crippen LogP contribution in [0, 0.1) is 11.7 Å². The van der Waals surface area contributed by atoms with E-state index in [9.17, 15) is 9.50 Å². The standard InChI is InChI=1S/C23H28BrFO/c1-2-3-4-5-16-6-8-17(9-7-16)18-10-12-20(22(25)15-18)19-11-13-23(26)21(24)14-19/h10-17,26H,2-9H2,1H3. The maximum Gasteiger partial charge on any atom is 0.131 e. The van der Waals surface area contributed by atoms with Gasteiger partial charge in [-0.15, -0.1) is 0 Å². The molecule has 0 spiro atoms. The van der Waals surface area contributed by atoms with Crippen molar-refractivity contribution in [2.45, 2.75) is 64.2 Å². The van der Waals surface area contributed by atoms with Gasteiger partial charge in [0.1, 0.15) is 11.6 Å². The molecule has 140 valence electrons. The normalized spacial score (nSPS) is 20.3. The summed E-state index contributed by atoms with van der Waals surface area (Å²) in [7, 11) is 0. The maximum atomic E-state index is 14.7. The van der Waals surface area contributed by atoms with Gasteiger partial charge in [0.25, 0.3) is 0 Å². The third-order valence-electron chi connectivity index (χ3n) is 5.79. The van der Waals surface area contributed by atoms with Crippen molar-refractivity contribution in [3.05, 3.63) is 52.3 Å². The molecule has 3 heteroatoms. The number of halogens is 2. The van der Waals surface area contributed by atoms with Crippen molar-refractivity contribution in [3.8, 4) is 16.9 Å². The number of hydrogen-bond donors (Lipinski definition) is 1. The van der Waals surface area contributed by atoms with E-state index in [-0.39, 0.29) is 11.6 Å². The van der Waals surface area contributed by atoms with Gasteiger partial charge in [-0.1, -0.05) is 50.8 Å². The number of phenols is 1. The van der Waals surface area contributed by atoms with Crippen LogP contribution in [0.5, 0.6) is 5.75 Å². The highest BCUT2D eigenvalue weighted by Crippen LogP contribution is 2.39. The lowest BCUT2D eigenvalue weighted by Gasteiger charge is -2.29. The van der Waals surface area contributed by atoms with E-state index in [2.05, 4.69) is 28.9 Å². The SMILES string of the molecule is CCCCCC1CCC(c2ccc(-c3ccc(O)c(Br)c3)c(F)c2)CC1. The van der Waals surface area contributed by atoms with Crippen LogP contribution < -0.4 is 0 Å². The minimum atomic E-state index is -0.176. The van der Waals surface area contributed by atoms with Crippen molar-refractivity contribution >= 4 is 15.9 Å². The molecule has 0 heterocycles. The smallest absolute Gasteiger partial charge is 0.131 e. The lowest BCUT2D eigenvalue weighted by molar-refractivity contribution is 0.302. The molecule has 0 bridgehead atoms. The van der Waals surface area contributed by atoms with Crippen molar-refractivity contribution in [3.63, 3.8) is 0 Å². The van der Waals surface area contributed by atoms with Crippen LogP contribution >= 0.6 is 15.9 Å². The summed E-state index contributed by atoms with van der Waals surface area (Å²) in [6, 6.07) is 10.8. The van der Waals surface area contributed by atoms with E-state index in [0.717, 1.165) is 17.0 Å². The molecule has 1 saturated carbocycles. The third kappa shape index (κ3) is 4.68. The van der Waals surface area contributed by atoms with Crippen LogP contribution in [0.4, 0.5) is 4.39 Å². The molecular formula is C23H28BrFO. The highest BCUT2D eigenvalue weighted by molar-refractivity contribution is 9.10. The molecule has 1 aliphatic rings. The predicted octanol–water partition coefficient (Wildman–Crippen LogP) is 7.81. The van der Waals surface area contributed by atoms with Gasteiger partial charge in [0.2, 0.25) is 0 Å². The lowest BCUT2D eigenvalue weighted by Crippen LogP contribution is -2.13. The molecule has 0 aliphatic heterocycles. The van der Waals surface area contributed by atoms with Gasteiger partial charge in [-0.3, -0.25) is 0 Å². The molecule has 0 saturated heterocycles. The van der Waals surface area contributed by atoms with E-state index in [1.165, 1.54) is 51.4 Å². The van der Waals surface area contributed by atoms with Crippen LogP contribution in [0.2, 0.25) is 0 Å². The first-order valence-corrected chi connectivity index (χ1v) is 10.7. The summed E-state index contributed by atoms with van der Waals surface area (Å²) in [5.41, 5.74) is 2.50. The van der Waals surface area contributed by atoms with Gasteiger partial charge < -0.3 is 5.11 Å². The molecule has 1 N–H and O–H groups in total. The Hall–Kier alpha value is -1.35. The van der Waals surface area contributed by atoms with Gasteiger partial charge in [0.15, 0.2) is 0 Å². The summed E-state index contributed by atoms with van der Waals surface area (Å²) in [5.74, 6) is 1.36. The molecule has 0 aromatic heterocycles. The van der Waals surface area contributed by atoms with Crippen LogP contribution in [0.15, 0.2) is 40.9 Å². The van der Waals surface area contributed by atoms with Crippen LogP contribution in [0.25, 0.3) is 11.1 Å². The first-order valence-electron chi connectivity index (χ1n) is 9.86. The van der Waals surface area contributed by atoms with Crippen molar-refractivity contribution in [2.24, 2.45) is 5.92 Å².